The summed E-state index contributed by atoms with van der Waals surface area (Å²) in [5, 5.41) is 7.97. The van der Waals surface area contributed by atoms with Crippen LogP contribution in [0.3, 0.4) is 0 Å². The summed E-state index contributed by atoms with van der Waals surface area (Å²) in [5.41, 5.74) is 1.08. The zero-order valence-electron chi connectivity index (χ0n) is 11.5. The van der Waals surface area contributed by atoms with Crippen molar-refractivity contribution in [2.24, 2.45) is 0 Å². The number of likely N-dealkylation sites (tertiary alicyclic amines) is 1. The van der Waals surface area contributed by atoms with Crippen LogP contribution in [0.25, 0.3) is 10.8 Å². The first kappa shape index (κ1) is 13.9. The number of H-pyrrole nitrogens is 1. The largest absolute Gasteiger partial charge is 0.408 e. The van der Waals surface area contributed by atoms with Gasteiger partial charge in [0.05, 0.1) is 12.2 Å². The molecule has 3 heterocycles. The van der Waals surface area contributed by atoms with Crippen LogP contribution in [0.1, 0.15) is 36.9 Å². The van der Waals surface area contributed by atoms with E-state index in [0.29, 0.717) is 10.7 Å². The maximum absolute atomic E-state index is 5.44. The first-order valence-electron chi connectivity index (χ1n) is 7.03. The van der Waals surface area contributed by atoms with E-state index in [1.165, 1.54) is 25.9 Å². The van der Waals surface area contributed by atoms with Gasteiger partial charge in [-0.25, -0.2) is 10.1 Å². The SMILES string of the molecule is CCCc1nc(CN2CCCC2)sc1-c1n[nH]c(=S)o1. The minimum Gasteiger partial charge on any atom is -0.408 e. The maximum Gasteiger partial charge on any atom is 0.284 e. The summed E-state index contributed by atoms with van der Waals surface area (Å²) in [7, 11) is 0. The molecule has 0 saturated carbocycles. The lowest BCUT2D eigenvalue weighted by Gasteiger charge is -2.11. The summed E-state index contributed by atoms with van der Waals surface area (Å²) in [6.07, 6.45) is 4.61. The van der Waals surface area contributed by atoms with Gasteiger partial charge >= 0.3 is 0 Å². The van der Waals surface area contributed by atoms with Crippen LogP contribution >= 0.6 is 23.6 Å². The lowest BCUT2D eigenvalue weighted by atomic mass is 10.2. The standard InChI is InChI=1S/C13H18N4OS2/c1-2-5-9-11(12-15-16-13(19)18-12)20-10(14-9)8-17-6-3-4-7-17/h2-8H2,1H3,(H,16,19). The van der Waals surface area contributed by atoms with Crippen molar-refractivity contribution in [2.45, 2.75) is 39.2 Å². The molecule has 0 aromatic carbocycles. The van der Waals surface area contributed by atoms with E-state index in [-0.39, 0.29) is 0 Å². The van der Waals surface area contributed by atoms with Crippen LogP contribution in [-0.4, -0.2) is 33.2 Å². The summed E-state index contributed by atoms with van der Waals surface area (Å²) in [4.78, 5) is 8.57. The average Bonchev–Trinajstić information content (AvgIpc) is 3.12. The molecule has 20 heavy (non-hydrogen) atoms. The van der Waals surface area contributed by atoms with Gasteiger partial charge in [-0.2, -0.15) is 0 Å². The van der Waals surface area contributed by atoms with Crippen molar-refractivity contribution in [1.29, 1.82) is 0 Å². The molecule has 0 atom stereocenters. The molecule has 5 nitrogen and oxygen atoms in total. The first-order valence-corrected chi connectivity index (χ1v) is 8.25. The number of rotatable bonds is 5. The molecular weight excluding hydrogens is 292 g/mol. The van der Waals surface area contributed by atoms with Crippen molar-refractivity contribution in [2.75, 3.05) is 13.1 Å². The molecular formula is C13H18N4OS2. The molecule has 1 aliphatic heterocycles. The van der Waals surface area contributed by atoms with Gasteiger partial charge in [0.25, 0.3) is 10.7 Å². The Morgan fingerprint density at radius 3 is 2.85 bits per heavy atom. The smallest absolute Gasteiger partial charge is 0.284 e. The maximum atomic E-state index is 5.44. The molecule has 1 N–H and O–H groups in total. The van der Waals surface area contributed by atoms with Crippen molar-refractivity contribution in [1.82, 2.24) is 20.1 Å². The quantitative estimate of drug-likeness (QED) is 0.858. The number of thiazole rings is 1. The average molecular weight is 310 g/mol. The molecule has 0 bridgehead atoms. The molecule has 3 rings (SSSR count). The van der Waals surface area contributed by atoms with Gasteiger partial charge in [-0.05, 0) is 44.6 Å². The van der Waals surface area contributed by atoms with Crippen LogP contribution in [0.5, 0.6) is 0 Å². The summed E-state index contributed by atoms with van der Waals surface area (Å²) in [5.74, 6) is 0.573. The predicted molar refractivity (Wildman–Crippen MR) is 81.3 cm³/mol. The van der Waals surface area contributed by atoms with Crippen molar-refractivity contribution < 1.29 is 4.42 Å². The number of nitrogens with zero attached hydrogens (tertiary/aromatic N) is 3. The minimum atomic E-state index is 0.317. The monoisotopic (exact) mass is 310 g/mol. The Hall–Kier alpha value is -1.05. The second kappa shape index (κ2) is 6.15. The number of nitrogens with one attached hydrogen (secondary N) is 1. The van der Waals surface area contributed by atoms with Crippen LogP contribution in [0, 0.1) is 4.84 Å². The van der Waals surface area contributed by atoms with Gasteiger partial charge in [0.1, 0.15) is 9.88 Å². The molecule has 1 saturated heterocycles. The third kappa shape index (κ3) is 2.99. The summed E-state index contributed by atoms with van der Waals surface area (Å²) < 4.78 is 5.44. The Bertz CT molecular complexity index is 624. The number of aromatic nitrogens is 3. The van der Waals surface area contributed by atoms with Crippen molar-refractivity contribution in [3.8, 4) is 10.8 Å². The Kier molecular flexibility index (Phi) is 4.28. The normalized spacial score (nSPS) is 16.1. The third-order valence-corrected chi connectivity index (χ3v) is 4.66. The van der Waals surface area contributed by atoms with Gasteiger partial charge in [-0.3, -0.25) is 4.90 Å². The zero-order valence-corrected chi connectivity index (χ0v) is 13.1. The highest BCUT2D eigenvalue weighted by atomic mass is 32.1. The zero-order chi connectivity index (χ0) is 13.9. The van der Waals surface area contributed by atoms with Gasteiger partial charge in [-0.1, -0.05) is 13.3 Å². The van der Waals surface area contributed by atoms with E-state index in [1.807, 2.05) is 0 Å². The van der Waals surface area contributed by atoms with Gasteiger partial charge in [-0.15, -0.1) is 16.4 Å². The molecule has 0 radical (unpaired) electrons. The van der Waals surface area contributed by atoms with Crippen LogP contribution in [0.15, 0.2) is 4.42 Å². The molecule has 0 spiro atoms. The Labute approximate surface area is 127 Å². The molecule has 2 aromatic rings. The van der Waals surface area contributed by atoms with Crippen LogP contribution in [0.4, 0.5) is 0 Å². The Balaban J connectivity index is 1.87. The Morgan fingerprint density at radius 1 is 1.40 bits per heavy atom. The molecule has 1 aliphatic rings. The molecule has 1 fully saturated rings. The molecule has 0 unspecified atom stereocenters. The first-order chi connectivity index (χ1) is 9.76. The van der Waals surface area contributed by atoms with Gasteiger partial charge in [0.15, 0.2) is 0 Å². The van der Waals surface area contributed by atoms with E-state index < -0.39 is 0 Å². The lowest BCUT2D eigenvalue weighted by molar-refractivity contribution is 0.330. The summed E-state index contributed by atoms with van der Waals surface area (Å²) >= 11 is 6.63. The fraction of sp³-hybridized carbons (Fsp3) is 0.615. The van der Waals surface area contributed by atoms with Gasteiger partial charge in [0, 0.05) is 0 Å². The molecule has 7 heteroatoms. The minimum absolute atomic E-state index is 0.317. The van der Waals surface area contributed by atoms with Crippen LogP contribution < -0.4 is 0 Å². The van der Waals surface area contributed by atoms with Crippen molar-refractivity contribution in [3.05, 3.63) is 15.5 Å². The molecule has 0 aliphatic carbocycles. The third-order valence-electron chi connectivity index (χ3n) is 3.42. The fourth-order valence-corrected chi connectivity index (χ4v) is 3.70. The topological polar surface area (TPSA) is 58.0 Å². The van der Waals surface area contributed by atoms with E-state index >= 15 is 0 Å². The molecule has 2 aromatic heterocycles. The van der Waals surface area contributed by atoms with Crippen molar-refractivity contribution in [3.63, 3.8) is 0 Å². The number of hydrogen-bond acceptors (Lipinski definition) is 6. The predicted octanol–water partition coefficient (Wildman–Crippen LogP) is 3.40. The second-order valence-electron chi connectivity index (χ2n) is 5.03. The highest BCUT2D eigenvalue weighted by Crippen LogP contribution is 2.31. The van der Waals surface area contributed by atoms with E-state index in [9.17, 15) is 0 Å². The number of hydrogen-bond donors (Lipinski definition) is 1. The summed E-state index contributed by atoms with van der Waals surface area (Å²) in [6.45, 7) is 5.46. The van der Waals surface area contributed by atoms with Crippen LogP contribution in [-0.2, 0) is 13.0 Å². The number of aryl methyl sites for hydroxylation is 1. The van der Waals surface area contributed by atoms with Gasteiger partial charge < -0.3 is 4.42 Å². The van der Waals surface area contributed by atoms with E-state index in [0.717, 1.165) is 35.0 Å². The van der Waals surface area contributed by atoms with Crippen molar-refractivity contribution >= 4 is 23.6 Å². The second-order valence-corrected chi connectivity index (χ2v) is 6.49. The number of aromatic amines is 1. The highest BCUT2D eigenvalue weighted by Gasteiger charge is 2.19. The van der Waals surface area contributed by atoms with Crippen LogP contribution in [0.2, 0.25) is 0 Å². The van der Waals surface area contributed by atoms with E-state index in [2.05, 4.69) is 22.0 Å². The van der Waals surface area contributed by atoms with E-state index in [1.54, 1.807) is 11.3 Å². The fourth-order valence-electron chi connectivity index (χ4n) is 2.50. The molecule has 108 valence electrons. The van der Waals surface area contributed by atoms with E-state index in [4.69, 9.17) is 21.6 Å². The lowest BCUT2D eigenvalue weighted by Crippen LogP contribution is -2.18. The van der Waals surface area contributed by atoms with Gasteiger partial charge in [0.2, 0.25) is 0 Å². The highest BCUT2D eigenvalue weighted by molar-refractivity contribution is 7.71. The Morgan fingerprint density at radius 2 is 2.20 bits per heavy atom. The molecule has 0 amide bonds. The summed E-state index contributed by atoms with van der Waals surface area (Å²) in [6, 6.07) is 0.